The van der Waals surface area contributed by atoms with Crippen LogP contribution in [0.15, 0.2) is 21.7 Å². The van der Waals surface area contributed by atoms with E-state index < -0.39 is 0 Å². The molecule has 1 N–H and O–H groups in total. The molecule has 1 aromatic heterocycles. The van der Waals surface area contributed by atoms with Crippen LogP contribution >= 0.6 is 0 Å². The van der Waals surface area contributed by atoms with Gasteiger partial charge >= 0.3 is 0 Å². The first kappa shape index (κ1) is 11.1. The van der Waals surface area contributed by atoms with Gasteiger partial charge in [0, 0.05) is 24.4 Å². The number of nitrogens with zero attached hydrogens (tertiary/aromatic N) is 3. The highest BCUT2D eigenvalue weighted by Crippen LogP contribution is 2.07. The first-order chi connectivity index (χ1) is 7.27. The van der Waals surface area contributed by atoms with E-state index in [1.807, 2.05) is 6.92 Å². The van der Waals surface area contributed by atoms with Crippen molar-refractivity contribution in [2.24, 2.45) is 5.11 Å². The van der Waals surface area contributed by atoms with Gasteiger partial charge in [0.2, 0.25) is 0 Å². The lowest BCUT2D eigenvalue weighted by molar-refractivity contribution is 0.0925. The average Bonchev–Trinajstić information content (AvgIpc) is 2.72. The molecule has 0 fully saturated rings. The SMILES string of the molecule is CCc1ccc(C(=O)NCCN=[N+]=[N-])o1. The minimum absolute atomic E-state index is 0.240. The first-order valence-corrected chi connectivity index (χ1v) is 4.65. The largest absolute Gasteiger partial charge is 0.456 e. The summed E-state index contributed by atoms with van der Waals surface area (Å²) in [6, 6.07) is 3.39. The molecule has 0 saturated carbocycles. The minimum atomic E-state index is -0.289. The van der Waals surface area contributed by atoms with Crippen LogP contribution in [0.4, 0.5) is 0 Å². The summed E-state index contributed by atoms with van der Waals surface area (Å²) < 4.78 is 5.24. The molecule has 6 nitrogen and oxygen atoms in total. The highest BCUT2D eigenvalue weighted by molar-refractivity contribution is 5.91. The Morgan fingerprint density at radius 1 is 1.67 bits per heavy atom. The molecule has 6 heteroatoms. The summed E-state index contributed by atoms with van der Waals surface area (Å²) in [5.41, 5.74) is 8.01. The number of nitrogens with one attached hydrogen (secondary N) is 1. The lowest BCUT2D eigenvalue weighted by atomic mass is 10.3. The van der Waals surface area contributed by atoms with Gasteiger partial charge in [0.25, 0.3) is 5.91 Å². The second-order valence-corrected chi connectivity index (χ2v) is 2.83. The summed E-state index contributed by atoms with van der Waals surface area (Å²) in [5.74, 6) is 0.769. The van der Waals surface area contributed by atoms with Crippen LogP contribution < -0.4 is 5.32 Å². The highest BCUT2D eigenvalue weighted by atomic mass is 16.3. The van der Waals surface area contributed by atoms with Crippen LogP contribution in [-0.4, -0.2) is 19.0 Å². The van der Waals surface area contributed by atoms with Gasteiger partial charge in [-0.2, -0.15) is 0 Å². The van der Waals surface area contributed by atoms with E-state index in [2.05, 4.69) is 15.3 Å². The van der Waals surface area contributed by atoms with Crippen LogP contribution in [0.5, 0.6) is 0 Å². The number of aryl methyl sites for hydroxylation is 1. The molecule has 0 aliphatic heterocycles. The average molecular weight is 208 g/mol. The summed E-state index contributed by atoms with van der Waals surface area (Å²) in [6.07, 6.45) is 0.756. The van der Waals surface area contributed by atoms with Crippen molar-refractivity contribution in [3.63, 3.8) is 0 Å². The normalized spacial score (nSPS) is 9.40. The predicted molar refractivity (Wildman–Crippen MR) is 54.4 cm³/mol. The van der Waals surface area contributed by atoms with Gasteiger partial charge in [0.1, 0.15) is 5.76 Å². The zero-order chi connectivity index (χ0) is 11.1. The fourth-order valence-corrected chi connectivity index (χ4v) is 1.04. The second kappa shape index (κ2) is 5.72. The van der Waals surface area contributed by atoms with Gasteiger partial charge < -0.3 is 9.73 Å². The van der Waals surface area contributed by atoms with Gasteiger partial charge in [0.15, 0.2) is 5.76 Å². The van der Waals surface area contributed by atoms with Gasteiger partial charge in [-0.3, -0.25) is 4.79 Å². The van der Waals surface area contributed by atoms with E-state index in [0.29, 0.717) is 6.54 Å². The number of amides is 1. The Kier molecular flexibility index (Phi) is 4.25. The molecule has 0 atom stereocenters. The molecule has 0 unspecified atom stereocenters. The number of rotatable bonds is 5. The summed E-state index contributed by atoms with van der Waals surface area (Å²) >= 11 is 0. The molecule has 1 heterocycles. The third-order valence-corrected chi connectivity index (χ3v) is 1.79. The van der Waals surface area contributed by atoms with Crippen molar-refractivity contribution in [3.8, 4) is 0 Å². The lowest BCUT2D eigenvalue weighted by Gasteiger charge is -1.98. The third kappa shape index (κ3) is 3.36. The van der Waals surface area contributed by atoms with E-state index in [1.54, 1.807) is 12.1 Å². The van der Waals surface area contributed by atoms with Crippen molar-refractivity contribution < 1.29 is 9.21 Å². The Hall–Kier alpha value is -1.94. The highest BCUT2D eigenvalue weighted by Gasteiger charge is 2.08. The van der Waals surface area contributed by atoms with Crippen molar-refractivity contribution >= 4 is 5.91 Å². The molecule has 0 aliphatic rings. The summed E-state index contributed by atoms with van der Waals surface area (Å²) in [7, 11) is 0. The van der Waals surface area contributed by atoms with Gasteiger partial charge in [-0.15, -0.1) is 0 Å². The fourth-order valence-electron chi connectivity index (χ4n) is 1.04. The number of carbonyl (C=O) groups excluding carboxylic acids is 1. The van der Waals surface area contributed by atoms with Gasteiger partial charge in [-0.1, -0.05) is 12.0 Å². The van der Waals surface area contributed by atoms with Crippen molar-refractivity contribution in [3.05, 3.63) is 34.1 Å². The van der Waals surface area contributed by atoms with E-state index in [-0.39, 0.29) is 18.2 Å². The molecule has 0 spiro atoms. The third-order valence-electron chi connectivity index (χ3n) is 1.79. The monoisotopic (exact) mass is 208 g/mol. The Labute approximate surface area is 86.9 Å². The molecule has 0 radical (unpaired) electrons. The van der Waals surface area contributed by atoms with Crippen LogP contribution in [0.2, 0.25) is 0 Å². The standard InChI is InChI=1S/C9H12N4O2/c1-2-7-3-4-8(15-7)9(14)11-5-6-12-13-10/h3-4H,2,5-6H2,1H3,(H,11,14). The molecule has 0 saturated heterocycles. The Morgan fingerprint density at radius 2 is 2.47 bits per heavy atom. The van der Waals surface area contributed by atoms with Gasteiger partial charge in [-0.25, -0.2) is 0 Å². The molecule has 15 heavy (non-hydrogen) atoms. The maximum Gasteiger partial charge on any atom is 0.286 e. The zero-order valence-electron chi connectivity index (χ0n) is 8.43. The molecule has 0 aliphatic carbocycles. The topological polar surface area (TPSA) is 91.0 Å². The number of furan rings is 1. The van der Waals surface area contributed by atoms with Gasteiger partial charge in [-0.05, 0) is 17.7 Å². The molecular formula is C9H12N4O2. The summed E-state index contributed by atoms with van der Waals surface area (Å²) in [4.78, 5) is 14.0. The van der Waals surface area contributed by atoms with E-state index in [1.165, 1.54) is 0 Å². The van der Waals surface area contributed by atoms with Crippen LogP contribution in [0, 0.1) is 0 Å². The summed E-state index contributed by atoms with van der Waals surface area (Å²) in [5, 5.41) is 5.87. The Balaban J connectivity index is 2.42. The van der Waals surface area contributed by atoms with Crippen molar-refractivity contribution in [1.29, 1.82) is 0 Å². The molecular weight excluding hydrogens is 196 g/mol. The second-order valence-electron chi connectivity index (χ2n) is 2.83. The predicted octanol–water partition coefficient (Wildman–Crippen LogP) is 1.88. The molecule has 0 bridgehead atoms. The van der Waals surface area contributed by atoms with Crippen LogP contribution in [0.25, 0.3) is 10.4 Å². The zero-order valence-corrected chi connectivity index (χ0v) is 8.43. The van der Waals surface area contributed by atoms with Crippen molar-refractivity contribution in [1.82, 2.24) is 5.32 Å². The molecule has 1 amide bonds. The van der Waals surface area contributed by atoms with Crippen molar-refractivity contribution in [2.75, 3.05) is 13.1 Å². The number of hydrogen-bond donors (Lipinski definition) is 1. The minimum Gasteiger partial charge on any atom is -0.456 e. The summed E-state index contributed by atoms with van der Waals surface area (Å²) in [6.45, 7) is 2.50. The number of azide groups is 1. The molecule has 1 rings (SSSR count). The maximum absolute atomic E-state index is 11.4. The van der Waals surface area contributed by atoms with E-state index in [0.717, 1.165) is 12.2 Å². The quantitative estimate of drug-likeness (QED) is 0.346. The van der Waals surface area contributed by atoms with Crippen LogP contribution in [-0.2, 0) is 6.42 Å². The number of hydrogen-bond acceptors (Lipinski definition) is 3. The molecule has 0 aromatic carbocycles. The van der Waals surface area contributed by atoms with Gasteiger partial charge in [0.05, 0.1) is 0 Å². The Bertz CT molecular complexity index is 379. The fraction of sp³-hybridized carbons (Fsp3) is 0.444. The van der Waals surface area contributed by atoms with Crippen LogP contribution in [0.1, 0.15) is 23.2 Å². The van der Waals surface area contributed by atoms with E-state index in [9.17, 15) is 4.79 Å². The maximum atomic E-state index is 11.4. The molecule has 1 aromatic rings. The number of carbonyl (C=O) groups is 1. The van der Waals surface area contributed by atoms with E-state index in [4.69, 9.17) is 9.95 Å². The lowest BCUT2D eigenvalue weighted by Crippen LogP contribution is -2.25. The van der Waals surface area contributed by atoms with Crippen LogP contribution in [0.3, 0.4) is 0 Å². The first-order valence-electron chi connectivity index (χ1n) is 4.65. The Morgan fingerprint density at radius 3 is 3.07 bits per heavy atom. The molecule has 80 valence electrons. The smallest absolute Gasteiger partial charge is 0.286 e. The van der Waals surface area contributed by atoms with Crippen molar-refractivity contribution in [2.45, 2.75) is 13.3 Å². The van der Waals surface area contributed by atoms with E-state index >= 15 is 0 Å².